The first-order chi connectivity index (χ1) is 10.4. The molecular formula is C15H18ClN3O2S. The predicted octanol–water partition coefficient (Wildman–Crippen LogP) is 3.60. The molecule has 0 fully saturated rings. The summed E-state index contributed by atoms with van der Waals surface area (Å²) in [7, 11) is -3.66. The Bertz CT molecular complexity index is 713. The molecule has 0 aliphatic heterocycles. The van der Waals surface area contributed by atoms with Gasteiger partial charge in [-0.15, -0.1) is 0 Å². The Morgan fingerprint density at radius 1 is 1.14 bits per heavy atom. The van der Waals surface area contributed by atoms with Gasteiger partial charge in [-0.1, -0.05) is 25.4 Å². The van der Waals surface area contributed by atoms with Crippen LogP contribution in [0.5, 0.6) is 0 Å². The lowest BCUT2D eigenvalue weighted by Crippen LogP contribution is -2.14. The van der Waals surface area contributed by atoms with Crippen molar-refractivity contribution in [3.8, 4) is 0 Å². The largest absolute Gasteiger partial charge is 0.384 e. The van der Waals surface area contributed by atoms with Crippen molar-refractivity contribution in [2.75, 3.05) is 16.6 Å². The molecule has 0 atom stereocenters. The van der Waals surface area contributed by atoms with Crippen LogP contribution in [0.4, 0.5) is 11.5 Å². The number of rotatable bonds is 6. The van der Waals surface area contributed by atoms with Gasteiger partial charge in [0.1, 0.15) is 5.82 Å². The Labute approximate surface area is 135 Å². The molecule has 5 nitrogen and oxygen atoms in total. The molecule has 22 heavy (non-hydrogen) atoms. The second kappa shape index (κ2) is 6.98. The van der Waals surface area contributed by atoms with Gasteiger partial charge in [0.25, 0.3) is 10.0 Å². The van der Waals surface area contributed by atoms with Crippen LogP contribution in [0.25, 0.3) is 0 Å². The number of nitrogens with one attached hydrogen (secondary N) is 2. The summed E-state index contributed by atoms with van der Waals surface area (Å²) in [6, 6.07) is 9.36. The second-order valence-electron chi connectivity index (χ2n) is 5.27. The molecule has 1 aromatic heterocycles. The van der Waals surface area contributed by atoms with Crippen LogP contribution in [0.1, 0.15) is 13.8 Å². The third-order valence-electron chi connectivity index (χ3n) is 2.84. The zero-order chi connectivity index (χ0) is 16.2. The van der Waals surface area contributed by atoms with E-state index in [0.29, 0.717) is 10.9 Å². The molecule has 0 saturated carbocycles. The van der Waals surface area contributed by atoms with Gasteiger partial charge in [0.15, 0.2) is 0 Å². The maximum atomic E-state index is 12.2. The van der Waals surface area contributed by atoms with E-state index in [1.165, 1.54) is 24.3 Å². The second-order valence-corrected chi connectivity index (χ2v) is 7.39. The van der Waals surface area contributed by atoms with Gasteiger partial charge in [0, 0.05) is 11.6 Å². The maximum absolute atomic E-state index is 12.2. The number of nitrogens with zero attached hydrogens (tertiary/aromatic N) is 1. The summed E-state index contributed by atoms with van der Waals surface area (Å²) in [6.45, 7) is 5.04. The normalized spacial score (nSPS) is 11.5. The Hall–Kier alpha value is -1.79. The minimum absolute atomic E-state index is 0.140. The average Bonchev–Trinajstić information content (AvgIpc) is 2.46. The van der Waals surface area contributed by atoms with Crippen LogP contribution in [-0.4, -0.2) is 19.9 Å². The summed E-state index contributed by atoms with van der Waals surface area (Å²) < 4.78 is 26.8. The van der Waals surface area contributed by atoms with Crippen molar-refractivity contribution in [2.45, 2.75) is 18.7 Å². The minimum atomic E-state index is -3.66. The molecular weight excluding hydrogens is 322 g/mol. The lowest BCUT2D eigenvalue weighted by atomic mass is 10.2. The maximum Gasteiger partial charge on any atom is 0.263 e. The molecule has 7 heteroatoms. The molecule has 0 saturated heterocycles. The highest BCUT2D eigenvalue weighted by molar-refractivity contribution is 7.92. The first-order valence-corrected chi connectivity index (χ1v) is 8.71. The number of sulfonamides is 1. The Kier molecular flexibility index (Phi) is 5.26. The quantitative estimate of drug-likeness (QED) is 0.843. The third kappa shape index (κ3) is 4.61. The van der Waals surface area contributed by atoms with E-state index in [-0.39, 0.29) is 10.7 Å². The standard InChI is InChI=1S/C15H18ClN3O2S/c1-11(2)9-17-13-5-8-15(18-10-13)19-22(20,21)14-6-3-12(16)4-7-14/h3-8,10-11,17H,9H2,1-2H3,(H,18,19). The summed E-state index contributed by atoms with van der Waals surface area (Å²) >= 11 is 5.76. The van der Waals surface area contributed by atoms with Crippen LogP contribution < -0.4 is 10.0 Å². The van der Waals surface area contributed by atoms with Gasteiger partial charge in [-0.3, -0.25) is 4.72 Å². The molecule has 118 valence electrons. The van der Waals surface area contributed by atoms with Gasteiger partial charge < -0.3 is 5.32 Å². The first kappa shape index (κ1) is 16.6. The Morgan fingerprint density at radius 2 is 1.82 bits per heavy atom. The molecule has 0 aliphatic carbocycles. The van der Waals surface area contributed by atoms with Crippen molar-refractivity contribution < 1.29 is 8.42 Å². The van der Waals surface area contributed by atoms with E-state index in [2.05, 4.69) is 28.9 Å². The van der Waals surface area contributed by atoms with Crippen LogP contribution in [0.15, 0.2) is 47.5 Å². The van der Waals surface area contributed by atoms with E-state index in [1.807, 2.05) is 0 Å². The fourth-order valence-corrected chi connectivity index (χ4v) is 2.83. The lowest BCUT2D eigenvalue weighted by molar-refractivity contribution is 0.601. The van der Waals surface area contributed by atoms with Gasteiger partial charge in [-0.25, -0.2) is 13.4 Å². The molecule has 0 spiro atoms. The van der Waals surface area contributed by atoms with Gasteiger partial charge in [0.05, 0.1) is 16.8 Å². The number of hydrogen-bond donors (Lipinski definition) is 2. The van der Waals surface area contributed by atoms with E-state index in [1.54, 1.807) is 18.3 Å². The molecule has 1 heterocycles. The van der Waals surface area contributed by atoms with Gasteiger partial charge >= 0.3 is 0 Å². The van der Waals surface area contributed by atoms with E-state index in [9.17, 15) is 8.42 Å². The summed E-state index contributed by atoms with van der Waals surface area (Å²) in [5.41, 5.74) is 0.850. The van der Waals surface area contributed by atoms with Crippen LogP contribution in [0.2, 0.25) is 5.02 Å². The van der Waals surface area contributed by atoms with Crippen molar-refractivity contribution in [1.29, 1.82) is 0 Å². The highest BCUT2D eigenvalue weighted by atomic mass is 35.5. The van der Waals surface area contributed by atoms with Crippen LogP contribution in [0.3, 0.4) is 0 Å². The molecule has 2 rings (SSSR count). The van der Waals surface area contributed by atoms with Gasteiger partial charge in [0.2, 0.25) is 0 Å². The minimum Gasteiger partial charge on any atom is -0.384 e. The van der Waals surface area contributed by atoms with Gasteiger partial charge in [-0.2, -0.15) is 0 Å². The molecule has 0 amide bonds. The van der Waals surface area contributed by atoms with Crippen molar-refractivity contribution in [2.24, 2.45) is 5.92 Å². The summed E-state index contributed by atoms with van der Waals surface area (Å²) in [5.74, 6) is 0.785. The fraction of sp³-hybridized carbons (Fsp3) is 0.267. The SMILES string of the molecule is CC(C)CNc1ccc(NS(=O)(=O)c2ccc(Cl)cc2)nc1. The number of pyridine rings is 1. The molecule has 0 aliphatic rings. The Morgan fingerprint density at radius 3 is 2.36 bits per heavy atom. The van der Waals surface area contributed by atoms with Crippen LogP contribution in [-0.2, 0) is 10.0 Å². The van der Waals surface area contributed by atoms with E-state index in [4.69, 9.17) is 11.6 Å². The zero-order valence-corrected chi connectivity index (χ0v) is 13.9. The van der Waals surface area contributed by atoms with Crippen molar-refractivity contribution in [3.05, 3.63) is 47.6 Å². The molecule has 2 N–H and O–H groups in total. The molecule has 0 unspecified atom stereocenters. The number of aromatic nitrogens is 1. The predicted molar refractivity (Wildman–Crippen MR) is 89.8 cm³/mol. The van der Waals surface area contributed by atoms with E-state index in [0.717, 1.165) is 12.2 Å². The average molecular weight is 340 g/mol. The highest BCUT2D eigenvalue weighted by Crippen LogP contribution is 2.18. The van der Waals surface area contributed by atoms with Crippen molar-refractivity contribution in [1.82, 2.24) is 4.98 Å². The zero-order valence-electron chi connectivity index (χ0n) is 12.4. The number of halogens is 1. The highest BCUT2D eigenvalue weighted by Gasteiger charge is 2.14. The molecule has 0 bridgehead atoms. The molecule has 2 aromatic rings. The summed E-state index contributed by atoms with van der Waals surface area (Å²) in [5, 5.41) is 3.70. The van der Waals surface area contributed by atoms with Gasteiger partial charge in [-0.05, 0) is 42.3 Å². The number of anilines is 2. The van der Waals surface area contributed by atoms with E-state index < -0.39 is 10.0 Å². The smallest absolute Gasteiger partial charge is 0.263 e. The van der Waals surface area contributed by atoms with Crippen molar-refractivity contribution in [3.63, 3.8) is 0 Å². The summed E-state index contributed by atoms with van der Waals surface area (Å²) in [4.78, 5) is 4.25. The first-order valence-electron chi connectivity index (χ1n) is 6.85. The van der Waals surface area contributed by atoms with Crippen molar-refractivity contribution >= 4 is 33.1 Å². The third-order valence-corrected chi connectivity index (χ3v) is 4.46. The number of benzene rings is 1. The molecule has 0 radical (unpaired) electrons. The lowest BCUT2D eigenvalue weighted by Gasteiger charge is -2.10. The fourth-order valence-electron chi connectivity index (χ4n) is 1.69. The topological polar surface area (TPSA) is 71.1 Å². The monoisotopic (exact) mass is 339 g/mol. The Balaban J connectivity index is 2.08. The van der Waals surface area contributed by atoms with E-state index >= 15 is 0 Å². The van der Waals surface area contributed by atoms with Crippen LogP contribution in [0, 0.1) is 5.92 Å². The summed E-state index contributed by atoms with van der Waals surface area (Å²) in [6.07, 6.45) is 1.60. The van der Waals surface area contributed by atoms with Crippen LogP contribution >= 0.6 is 11.6 Å². The number of hydrogen-bond acceptors (Lipinski definition) is 4. The molecule has 1 aromatic carbocycles.